The van der Waals surface area contributed by atoms with Gasteiger partial charge in [0.15, 0.2) is 0 Å². The van der Waals surface area contributed by atoms with Crippen LogP contribution in [0, 0.1) is 0 Å². The Labute approximate surface area is 124 Å². The molecule has 0 aromatic heterocycles. The van der Waals surface area contributed by atoms with Gasteiger partial charge in [-0.15, -0.1) is 0 Å². The number of hydrogen-bond donors (Lipinski definition) is 1. The number of rotatable bonds is 5. The van der Waals surface area contributed by atoms with Gasteiger partial charge in [-0.1, -0.05) is 36.9 Å². The highest BCUT2D eigenvalue weighted by Crippen LogP contribution is 2.27. The van der Waals surface area contributed by atoms with Crippen LogP contribution >= 0.6 is 23.4 Å². The van der Waals surface area contributed by atoms with Crippen LogP contribution in [-0.4, -0.2) is 23.5 Å². The lowest BCUT2D eigenvalue weighted by Gasteiger charge is -2.20. The Morgan fingerprint density at radius 2 is 2.11 bits per heavy atom. The maximum absolute atomic E-state index is 11.9. The molecule has 1 N–H and O–H groups in total. The standard InChI is InChI=1S/C15H20ClNOS/c16-13-6-4-5-12(11-13)15(18)17-9-10-19-14-7-2-1-3-8-14/h4-6,11,14H,1-3,7-10H2,(H,17,18). The molecule has 1 amide bonds. The summed E-state index contributed by atoms with van der Waals surface area (Å²) in [5.74, 6) is 0.962. The molecule has 0 spiro atoms. The van der Waals surface area contributed by atoms with E-state index in [0.29, 0.717) is 10.6 Å². The van der Waals surface area contributed by atoms with E-state index in [1.54, 1.807) is 24.3 Å². The van der Waals surface area contributed by atoms with Gasteiger partial charge in [0, 0.05) is 28.1 Å². The monoisotopic (exact) mass is 297 g/mol. The summed E-state index contributed by atoms with van der Waals surface area (Å²) in [5.41, 5.74) is 0.634. The second-order valence-corrected chi connectivity index (χ2v) is 6.74. The van der Waals surface area contributed by atoms with E-state index in [9.17, 15) is 4.79 Å². The molecule has 0 heterocycles. The fraction of sp³-hybridized carbons (Fsp3) is 0.533. The maximum atomic E-state index is 11.9. The molecule has 2 nitrogen and oxygen atoms in total. The van der Waals surface area contributed by atoms with E-state index in [2.05, 4.69) is 5.32 Å². The molecular formula is C15H20ClNOS. The van der Waals surface area contributed by atoms with Gasteiger partial charge in [-0.3, -0.25) is 4.79 Å². The molecule has 0 saturated heterocycles. The fourth-order valence-corrected chi connectivity index (χ4v) is 3.76. The van der Waals surface area contributed by atoms with Crippen LogP contribution in [0.2, 0.25) is 5.02 Å². The topological polar surface area (TPSA) is 29.1 Å². The lowest BCUT2D eigenvalue weighted by Crippen LogP contribution is -2.26. The lowest BCUT2D eigenvalue weighted by atomic mass is 10.0. The zero-order valence-corrected chi connectivity index (χ0v) is 12.6. The summed E-state index contributed by atoms with van der Waals surface area (Å²) >= 11 is 7.86. The number of nitrogens with one attached hydrogen (secondary N) is 1. The Balaban J connectivity index is 1.66. The van der Waals surface area contributed by atoms with E-state index in [4.69, 9.17) is 11.6 Å². The second kappa shape index (κ2) is 7.81. The van der Waals surface area contributed by atoms with Crippen molar-refractivity contribution in [1.82, 2.24) is 5.32 Å². The van der Waals surface area contributed by atoms with E-state index in [1.807, 2.05) is 11.8 Å². The number of hydrogen-bond acceptors (Lipinski definition) is 2. The molecule has 19 heavy (non-hydrogen) atoms. The summed E-state index contributed by atoms with van der Waals surface area (Å²) in [6.45, 7) is 0.729. The average molecular weight is 298 g/mol. The van der Waals surface area contributed by atoms with E-state index >= 15 is 0 Å². The molecule has 1 aromatic rings. The van der Waals surface area contributed by atoms with Crippen LogP contribution in [0.4, 0.5) is 0 Å². The number of thioether (sulfide) groups is 1. The van der Waals surface area contributed by atoms with Crippen molar-refractivity contribution in [3.63, 3.8) is 0 Å². The zero-order chi connectivity index (χ0) is 13.5. The van der Waals surface area contributed by atoms with Gasteiger partial charge in [0.2, 0.25) is 0 Å². The molecule has 2 rings (SSSR count). The van der Waals surface area contributed by atoms with Crippen molar-refractivity contribution in [2.45, 2.75) is 37.4 Å². The molecule has 4 heteroatoms. The van der Waals surface area contributed by atoms with Crippen molar-refractivity contribution in [2.75, 3.05) is 12.3 Å². The van der Waals surface area contributed by atoms with Gasteiger partial charge < -0.3 is 5.32 Å². The quantitative estimate of drug-likeness (QED) is 0.828. The van der Waals surface area contributed by atoms with Crippen LogP contribution in [0.5, 0.6) is 0 Å². The molecular weight excluding hydrogens is 278 g/mol. The lowest BCUT2D eigenvalue weighted by molar-refractivity contribution is 0.0956. The predicted octanol–water partition coefficient (Wildman–Crippen LogP) is 4.14. The third kappa shape index (κ3) is 5.07. The number of carbonyl (C=O) groups excluding carboxylic acids is 1. The van der Waals surface area contributed by atoms with Crippen molar-refractivity contribution in [2.24, 2.45) is 0 Å². The first-order valence-electron chi connectivity index (χ1n) is 6.91. The summed E-state index contributed by atoms with van der Waals surface area (Å²) in [5, 5.41) is 4.35. The van der Waals surface area contributed by atoms with Gasteiger partial charge in [0.25, 0.3) is 5.91 Å². The molecule has 1 aliphatic carbocycles. The van der Waals surface area contributed by atoms with E-state index in [-0.39, 0.29) is 5.91 Å². The Hall–Kier alpha value is -0.670. The molecule has 1 aromatic carbocycles. The van der Waals surface area contributed by atoms with Crippen LogP contribution in [0.1, 0.15) is 42.5 Å². The predicted molar refractivity (Wildman–Crippen MR) is 83.1 cm³/mol. The fourth-order valence-electron chi connectivity index (χ4n) is 2.35. The summed E-state index contributed by atoms with van der Waals surface area (Å²) < 4.78 is 0. The van der Waals surface area contributed by atoms with E-state index < -0.39 is 0 Å². The van der Waals surface area contributed by atoms with Crippen LogP contribution in [0.25, 0.3) is 0 Å². The first-order chi connectivity index (χ1) is 9.25. The number of halogens is 1. The van der Waals surface area contributed by atoms with E-state index in [1.165, 1.54) is 32.1 Å². The van der Waals surface area contributed by atoms with Crippen molar-refractivity contribution in [3.8, 4) is 0 Å². The highest BCUT2D eigenvalue weighted by Gasteiger charge is 2.13. The third-order valence-corrected chi connectivity index (χ3v) is 5.00. The van der Waals surface area contributed by atoms with Gasteiger partial charge in [0.1, 0.15) is 0 Å². The molecule has 0 atom stereocenters. The van der Waals surface area contributed by atoms with Gasteiger partial charge in [-0.25, -0.2) is 0 Å². The Morgan fingerprint density at radius 3 is 2.84 bits per heavy atom. The van der Waals surface area contributed by atoms with Crippen molar-refractivity contribution >= 4 is 29.3 Å². The van der Waals surface area contributed by atoms with Crippen molar-refractivity contribution in [3.05, 3.63) is 34.9 Å². The van der Waals surface area contributed by atoms with Crippen molar-refractivity contribution in [1.29, 1.82) is 0 Å². The van der Waals surface area contributed by atoms with Crippen LogP contribution in [0.15, 0.2) is 24.3 Å². The molecule has 1 fully saturated rings. The van der Waals surface area contributed by atoms with Gasteiger partial charge >= 0.3 is 0 Å². The number of carbonyl (C=O) groups is 1. The van der Waals surface area contributed by atoms with Gasteiger partial charge in [0.05, 0.1) is 0 Å². The zero-order valence-electron chi connectivity index (χ0n) is 11.0. The Bertz CT molecular complexity index is 418. The molecule has 1 saturated carbocycles. The molecule has 0 bridgehead atoms. The highest BCUT2D eigenvalue weighted by molar-refractivity contribution is 7.99. The summed E-state index contributed by atoms with van der Waals surface area (Å²) in [4.78, 5) is 11.9. The van der Waals surface area contributed by atoms with Crippen molar-refractivity contribution < 1.29 is 4.79 Å². The Morgan fingerprint density at radius 1 is 1.32 bits per heavy atom. The average Bonchev–Trinajstić information content (AvgIpc) is 2.44. The molecule has 0 aliphatic heterocycles. The SMILES string of the molecule is O=C(NCCSC1CCCCC1)c1cccc(Cl)c1. The normalized spacial score (nSPS) is 16.3. The Kier molecular flexibility index (Phi) is 6.05. The highest BCUT2D eigenvalue weighted by atomic mass is 35.5. The smallest absolute Gasteiger partial charge is 0.251 e. The largest absolute Gasteiger partial charge is 0.351 e. The second-order valence-electron chi connectivity index (χ2n) is 4.90. The summed E-state index contributed by atoms with van der Waals surface area (Å²) in [6.07, 6.45) is 6.81. The van der Waals surface area contributed by atoms with Crippen LogP contribution in [-0.2, 0) is 0 Å². The maximum Gasteiger partial charge on any atom is 0.251 e. The van der Waals surface area contributed by atoms with Crippen LogP contribution in [0.3, 0.4) is 0 Å². The third-order valence-electron chi connectivity index (χ3n) is 3.38. The molecule has 104 valence electrons. The first-order valence-corrected chi connectivity index (χ1v) is 8.34. The van der Waals surface area contributed by atoms with Gasteiger partial charge in [-0.05, 0) is 31.0 Å². The minimum Gasteiger partial charge on any atom is -0.351 e. The molecule has 0 unspecified atom stereocenters. The molecule has 1 aliphatic rings. The molecule has 0 radical (unpaired) electrons. The first kappa shape index (κ1) is 14.7. The number of amides is 1. The van der Waals surface area contributed by atoms with Gasteiger partial charge in [-0.2, -0.15) is 11.8 Å². The van der Waals surface area contributed by atoms with Crippen LogP contribution < -0.4 is 5.32 Å². The number of benzene rings is 1. The minimum atomic E-state index is -0.0354. The summed E-state index contributed by atoms with van der Waals surface area (Å²) in [6, 6.07) is 7.06. The van der Waals surface area contributed by atoms with E-state index in [0.717, 1.165) is 17.5 Å². The summed E-state index contributed by atoms with van der Waals surface area (Å²) in [7, 11) is 0. The minimum absolute atomic E-state index is 0.0354.